The van der Waals surface area contributed by atoms with Crippen LogP contribution in [0.1, 0.15) is 49.4 Å². The summed E-state index contributed by atoms with van der Waals surface area (Å²) in [7, 11) is 0. The number of hydrogen-bond donors (Lipinski definition) is 0. The lowest BCUT2D eigenvalue weighted by molar-refractivity contribution is 0.0892. The van der Waals surface area contributed by atoms with Crippen molar-refractivity contribution in [2.75, 3.05) is 19.7 Å². The Labute approximate surface area is 127 Å². The highest BCUT2D eigenvalue weighted by atomic mass is 16.5. The third kappa shape index (κ3) is 3.13. The van der Waals surface area contributed by atoms with E-state index >= 15 is 0 Å². The maximum Gasteiger partial charge on any atom is 0.180 e. The highest BCUT2D eigenvalue weighted by molar-refractivity contribution is 6.00. The minimum absolute atomic E-state index is 0.199. The number of carbonyl (C=O) groups is 1. The molecule has 0 spiro atoms. The number of nitrogens with zero attached hydrogens (tertiary/aromatic N) is 1. The van der Waals surface area contributed by atoms with Crippen LogP contribution < -0.4 is 4.74 Å². The fourth-order valence-corrected chi connectivity index (χ4v) is 3.95. The zero-order valence-electron chi connectivity index (χ0n) is 12.9. The molecule has 0 aromatic heterocycles. The van der Waals surface area contributed by atoms with E-state index in [1.165, 1.54) is 32.1 Å². The zero-order chi connectivity index (χ0) is 14.7. The van der Waals surface area contributed by atoms with Crippen LogP contribution in [-0.4, -0.2) is 36.4 Å². The Morgan fingerprint density at radius 3 is 2.90 bits per heavy atom. The average molecular weight is 287 g/mol. The topological polar surface area (TPSA) is 29.5 Å². The molecule has 0 bridgehead atoms. The lowest BCUT2D eigenvalue weighted by Crippen LogP contribution is -2.38. The molecule has 2 fully saturated rings. The third-order valence-electron chi connectivity index (χ3n) is 4.96. The number of benzene rings is 1. The summed E-state index contributed by atoms with van der Waals surface area (Å²) in [4.78, 5) is 15.1. The van der Waals surface area contributed by atoms with E-state index < -0.39 is 0 Å². The fourth-order valence-electron chi connectivity index (χ4n) is 3.95. The summed E-state index contributed by atoms with van der Waals surface area (Å²) in [5, 5.41) is 0. The van der Waals surface area contributed by atoms with Crippen LogP contribution in [-0.2, 0) is 0 Å². The van der Waals surface area contributed by atoms with Gasteiger partial charge in [-0.05, 0) is 50.8 Å². The second-order valence-electron chi connectivity index (χ2n) is 6.22. The van der Waals surface area contributed by atoms with Crippen LogP contribution in [0, 0.1) is 5.92 Å². The van der Waals surface area contributed by atoms with Gasteiger partial charge in [0.15, 0.2) is 5.78 Å². The molecule has 2 unspecified atom stereocenters. The number of Topliss-reactive ketones (excluding diaryl/α,β-unsaturated/α-hetero) is 1. The molecule has 1 aliphatic carbocycles. The Morgan fingerprint density at radius 2 is 2.05 bits per heavy atom. The van der Waals surface area contributed by atoms with Crippen molar-refractivity contribution in [3.8, 4) is 5.75 Å². The van der Waals surface area contributed by atoms with E-state index in [0.29, 0.717) is 19.2 Å². The lowest BCUT2D eigenvalue weighted by atomic mass is 9.85. The molecule has 21 heavy (non-hydrogen) atoms. The normalized spacial score (nSPS) is 25.6. The van der Waals surface area contributed by atoms with Gasteiger partial charge in [-0.2, -0.15) is 0 Å². The van der Waals surface area contributed by atoms with Gasteiger partial charge in [-0.25, -0.2) is 0 Å². The van der Waals surface area contributed by atoms with Crippen LogP contribution in [0.3, 0.4) is 0 Å². The van der Waals surface area contributed by atoms with E-state index in [-0.39, 0.29) is 5.78 Å². The van der Waals surface area contributed by atoms with Gasteiger partial charge in [0.2, 0.25) is 0 Å². The largest absolute Gasteiger partial charge is 0.493 e. The zero-order valence-corrected chi connectivity index (χ0v) is 12.9. The van der Waals surface area contributed by atoms with Crippen LogP contribution in [0.15, 0.2) is 24.3 Å². The first kappa shape index (κ1) is 14.6. The van der Waals surface area contributed by atoms with Crippen molar-refractivity contribution < 1.29 is 9.53 Å². The Kier molecular flexibility index (Phi) is 4.59. The average Bonchev–Trinajstić information content (AvgIpc) is 2.91. The van der Waals surface area contributed by atoms with E-state index in [9.17, 15) is 4.79 Å². The van der Waals surface area contributed by atoms with E-state index in [0.717, 1.165) is 23.8 Å². The molecule has 1 saturated carbocycles. The van der Waals surface area contributed by atoms with Crippen molar-refractivity contribution in [2.45, 2.75) is 45.1 Å². The molecular weight excluding hydrogens is 262 g/mol. The third-order valence-corrected chi connectivity index (χ3v) is 4.96. The number of ether oxygens (including phenoxy) is 1. The Bertz CT molecular complexity index is 500. The number of hydrogen-bond acceptors (Lipinski definition) is 3. The van der Waals surface area contributed by atoms with Crippen molar-refractivity contribution in [3.63, 3.8) is 0 Å². The summed E-state index contributed by atoms with van der Waals surface area (Å²) < 4.78 is 5.59. The van der Waals surface area contributed by atoms with Crippen molar-refractivity contribution in [1.82, 2.24) is 4.90 Å². The first-order chi connectivity index (χ1) is 10.3. The van der Waals surface area contributed by atoms with Crippen molar-refractivity contribution in [2.24, 2.45) is 5.92 Å². The summed E-state index contributed by atoms with van der Waals surface area (Å²) >= 11 is 0. The molecule has 2 aliphatic rings. The molecule has 3 nitrogen and oxygen atoms in total. The Hall–Kier alpha value is -1.35. The second-order valence-corrected chi connectivity index (χ2v) is 6.22. The molecule has 1 aromatic rings. The van der Waals surface area contributed by atoms with Gasteiger partial charge in [-0.1, -0.05) is 25.0 Å². The van der Waals surface area contributed by atoms with Gasteiger partial charge in [0.1, 0.15) is 5.75 Å². The minimum atomic E-state index is 0.199. The first-order valence-electron chi connectivity index (χ1n) is 8.28. The summed E-state index contributed by atoms with van der Waals surface area (Å²) in [5.74, 6) is 1.75. The summed E-state index contributed by atoms with van der Waals surface area (Å²) in [5.41, 5.74) is 0.735. The highest BCUT2D eigenvalue weighted by Gasteiger charge is 2.36. The molecule has 1 saturated heterocycles. The molecule has 3 rings (SSSR count). The van der Waals surface area contributed by atoms with Crippen molar-refractivity contribution >= 4 is 5.78 Å². The number of ketones is 1. The Morgan fingerprint density at radius 1 is 1.24 bits per heavy atom. The first-order valence-corrected chi connectivity index (χ1v) is 8.28. The summed E-state index contributed by atoms with van der Waals surface area (Å²) in [6.07, 6.45) is 6.58. The van der Waals surface area contributed by atoms with Gasteiger partial charge in [0.05, 0.1) is 18.7 Å². The summed E-state index contributed by atoms with van der Waals surface area (Å²) in [6.45, 7) is 4.18. The predicted octanol–water partition coefficient (Wildman–Crippen LogP) is 3.53. The number of rotatable bonds is 5. The van der Waals surface area contributed by atoms with E-state index in [4.69, 9.17) is 4.74 Å². The monoisotopic (exact) mass is 287 g/mol. The number of fused-ring (bicyclic) bond motifs is 1. The number of para-hydroxylation sites is 1. The molecule has 1 aromatic carbocycles. The van der Waals surface area contributed by atoms with Crippen LogP contribution in [0.25, 0.3) is 0 Å². The predicted molar refractivity (Wildman–Crippen MR) is 83.9 cm³/mol. The van der Waals surface area contributed by atoms with Crippen LogP contribution in [0.4, 0.5) is 0 Å². The van der Waals surface area contributed by atoms with Crippen molar-refractivity contribution in [3.05, 3.63) is 29.8 Å². The molecule has 1 heterocycles. The molecule has 3 heteroatoms. The van der Waals surface area contributed by atoms with Crippen LogP contribution in [0.5, 0.6) is 5.75 Å². The van der Waals surface area contributed by atoms with Gasteiger partial charge in [-0.15, -0.1) is 0 Å². The van der Waals surface area contributed by atoms with Gasteiger partial charge in [0.25, 0.3) is 0 Å². The maximum absolute atomic E-state index is 12.6. The van der Waals surface area contributed by atoms with E-state index in [2.05, 4.69) is 4.90 Å². The molecule has 0 N–H and O–H groups in total. The van der Waals surface area contributed by atoms with Gasteiger partial charge >= 0.3 is 0 Å². The number of carbonyl (C=O) groups excluding carboxylic acids is 1. The summed E-state index contributed by atoms with van der Waals surface area (Å²) in [6, 6.07) is 8.27. The van der Waals surface area contributed by atoms with Crippen LogP contribution in [0.2, 0.25) is 0 Å². The van der Waals surface area contributed by atoms with Crippen molar-refractivity contribution in [1.29, 1.82) is 0 Å². The maximum atomic E-state index is 12.6. The van der Waals surface area contributed by atoms with E-state index in [1.54, 1.807) is 0 Å². The van der Waals surface area contributed by atoms with E-state index in [1.807, 2.05) is 31.2 Å². The smallest absolute Gasteiger partial charge is 0.180 e. The highest BCUT2D eigenvalue weighted by Crippen LogP contribution is 2.36. The standard InChI is InChI=1S/C18H25NO2/c1-2-21-18-10-6-4-8-15(18)17(20)13-19-12-11-14-7-3-5-9-16(14)19/h4,6,8,10,14,16H,2-3,5,7,9,11-13H2,1H3. The lowest BCUT2D eigenvalue weighted by Gasteiger charge is -2.31. The molecule has 114 valence electrons. The number of likely N-dealkylation sites (tertiary alicyclic amines) is 1. The molecule has 0 amide bonds. The quantitative estimate of drug-likeness (QED) is 0.776. The SMILES string of the molecule is CCOc1ccccc1C(=O)CN1CCC2CCCCC21. The molecule has 0 radical (unpaired) electrons. The minimum Gasteiger partial charge on any atom is -0.493 e. The van der Waals surface area contributed by atoms with Gasteiger partial charge in [0, 0.05) is 6.04 Å². The molecule has 1 aliphatic heterocycles. The molecular formula is C18H25NO2. The fraction of sp³-hybridized carbons (Fsp3) is 0.611. The second kappa shape index (κ2) is 6.61. The van der Waals surface area contributed by atoms with Crippen LogP contribution >= 0.6 is 0 Å². The van der Waals surface area contributed by atoms with Gasteiger partial charge in [-0.3, -0.25) is 9.69 Å². The molecule has 2 atom stereocenters. The van der Waals surface area contributed by atoms with Gasteiger partial charge < -0.3 is 4.74 Å². The Balaban J connectivity index is 1.69.